The number of hydrogen-bond acceptors (Lipinski definition) is 6. The van der Waals surface area contributed by atoms with E-state index in [1.54, 1.807) is 0 Å². The van der Waals surface area contributed by atoms with E-state index in [9.17, 15) is 0 Å². The molecule has 0 spiro atoms. The monoisotopic (exact) mass is 1220 g/mol. The van der Waals surface area contributed by atoms with Crippen LogP contribution in [0.2, 0.25) is 0 Å². The summed E-state index contributed by atoms with van der Waals surface area (Å²) in [6.45, 7) is 18.4. The summed E-state index contributed by atoms with van der Waals surface area (Å²) < 4.78 is 4.42. The molecule has 442 valence electrons. The van der Waals surface area contributed by atoms with E-state index in [0.717, 1.165) is 195 Å². The van der Waals surface area contributed by atoms with Crippen LogP contribution in [0.1, 0.15) is 276 Å². The van der Waals surface area contributed by atoms with Crippen molar-refractivity contribution in [3.8, 4) is 0 Å². The van der Waals surface area contributed by atoms with E-state index in [1.807, 2.05) is 0 Å². The second-order valence-electron chi connectivity index (χ2n) is 24.8. The number of hydrogen-bond donors (Lipinski definition) is 0. The molecule has 4 aliphatic rings. The fraction of sp³-hybridized carbons (Fsp3) is 0.556. The zero-order chi connectivity index (χ0) is 58.0. The fourth-order valence-electron chi connectivity index (χ4n) is 13.5. The Hall–Kier alpha value is -4.64. The molecular weight excluding hydrogens is 1120 g/mol. The predicted octanol–water partition coefficient (Wildman–Crippen LogP) is 19.7. The molecule has 0 aliphatic carbocycles. The molecule has 0 amide bonds. The molecule has 4 aromatic carbocycles. The van der Waals surface area contributed by atoms with E-state index < -0.39 is 11.9 Å². The quantitative estimate of drug-likeness (QED) is 0.0298. The van der Waals surface area contributed by atoms with Gasteiger partial charge in [0.05, 0.1) is 0 Å². The number of halogens is 2. The van der Waals surface area contributed by atoms with Crippen molar-refractivity contribution < 1.29 is 0 Å². The van der Waals surface area contributed by atoms with Crippen LogP contribution in [0.5, 0.6) is 0 Å². The first kappa shape index (κ1) is 61.4. The van der Waals surface area contributed by atoms with Crippen molar-refractivity contribution in [3.05, 3.63) is 126 Å². The average Bonchev–Trinajstić information content (AvgIpc) is 2.31. The van der Waals surface area contributed by atoms with Crippen molar-refractivity contribution in [1.82, 2.24) is 7.05 Å². The van der Waals surface area contributed by atoms with E-state index >= 15 is 0 Å². The first-order chi connectivity index (χ1) is 40.6. The second kappa shape index (κ2) is 28.7. The van der Waals surface area contributed by atoms with Crippen LogP contribution in [-0.4, -0.2) is 42.2 Å². The third kappa shape index (κ3) is 13.1. The van der Waals surface area contributed by atoms with Crippen LogP contribution in [0.3, 0.4) is 0 Å². The Labute approximate surface area is 509 Å². The minimum atomic E-state index is -4.98. The van der Waals surface area contributed by atoms with Gasteiger partial charge in [-0.25, -0.2) is 0 Å². The molecule has 4 aliphatic heterocycles. The van der Waals surface area contributed by atoms with Gasteiger partial charge in [-0.15, -0.1) is 0 Å². The summed E-state index contributed by atoms with van der Waals surface area (Å²) >= 11 is -4.98. The van der Waals surface area contributed by atoms with Crippen molar-refractivity contribution in [2.24, 2.45) is 30.0 Å². The normalized spacial score (nSPS) is 14.6. The number of aromatic nitrogens is 2. The summed E-state index contributed by atoms with van der Waals surface area (Å²) in [5.41, 5.74) is 16.7. The van der Waals surface area contributed by atoms with E-state index in [4.69, 9.17) is 50.0 Å². The maximum absolute atomic E-state index is 8.78. The zero-order valence-corrected chi connectivity index (χ0v) is 55.7. The van der Waals surface area contributed by atoms with Crippen molar-refractivity contribution in [2.75, 3.05) is 0 Å². The molecule has 0 fully saturated rings. The number of amidine groups is 4. The van der Waals surface area contributed by atoms with Gasteiger partial charge in [-0.2, -0.15) is 0 Å². The Bertz CT molecular complexity index is 3350. The summed E-state index contributed by atoms with van der Waals surface area (Å²) in [6.07, 6.45) is 36.0. The molecule has 6 bridgehead atoms. The number of rotatable bonds is 32. The number of benzene rings is 4. The maximum atomic E-state index is 8.78. The van der Waals surface area contributed by atoms with Crippen LogP contribution in [0, 0.1) is 0 Å². The van der Waals surface area contributed by atoms with E-state index in [1.165, 1.54) is 122 Å². The number of fused-ring (bicyclic) bond motifs is 14. The Morgan fingerprint density at radius 1 is 0.277 bits per heavy atom. The molecular formula is C72H96Cl2GeN8. The molecule has 8 nitrogen and oxygen atoms in total. The van der Waals surface area contributed by atoms with Gasteiger partial charge in [0, 0.05) is 0 Å². The van der Waals surface area contributed by atoms with Gasteiger partial charge in [-0.3, -0.25) is 0 Å². The molecule has 0 saturated heterocycles. The molecule has 2 aromatic heterocycles. The topological polar surface area (TPSA) is 84.0 Å². The average molecular weight is 1220 g/mol. The standard InChI is InChI=1S/C72H96Cl2GeN8/c1-9-17-25-33-49-41-57-58(42-50(49)34-26-18-10-2)66-76-65(57)78-69-61-45-53(37-29-21-13-5)54(38-30-22-14-6)46-62(61)71-80-67-59-43-51(35-27-19-11-3)52(36-28-20-12-4)44-60(59)68(77-67)81-72-64-48-56(40-32-24-16-8)55(39-31-23-15-7)47-63(64)70(79-66)83(72)75(73,74)82(69)71/h41-48H,9-40H2,1-8H3. The van der Waals surface area contributed by atoms with Crippen molar-refractivity contribution in [3.63, 3.8) is 0 Å². The third-order valence-corrected chi connectivity index (χ3v) is 25.9. The van der Waals surface area contributed by atoms with Crippen molar-refractivity contribution in [1.29, 1.82) is 0 Å². The molecule has 83 heavy (non-hydrogen) atoms. The van der Waals surface area contributed by atoms with Gasteiger partial charge < -0.3 is 0 Å². The van der Waals surface area contributed by atoms with Gasteiger partial charge in [-0.05, 0) is 0 Å². The van der Waals surface area contributed by atoms with Crippen LogP contribution in [0.15, 0.2) is 78.5 Å². The summed E-state index contributed by atoms with van der Waals surface area (Å²) in [5, 5.41) is 4.06. The molecule has 0 saturated carbocycles. The van der Waals surface area contributed by atoms with Gasteiger partial charge in [0.2, 0.25) is 0 Å². The summed E-state index contributed by atoms with van der Waals surface area (Å²) in [6, 6.07) is 19.6. The minimum absolute atomic E-state index is 0.667. The van der Waals surface area contributed by atoms with Crippen LogP contribution < -0.4 is 11.0 Å². The van der Waals surface area contributed by atoms with Gasteiger partial charge in [0.15, 0.2) is 0 Å². The SMILES string of the molecule is CCCCCc1cc2c(cc1CCCCC)C1=Nc3c4cc(CCCCC)c(CCCCC)cc4c4[n]3[Ge]([Cl])([Cl])[n]3c(c5cc(CCCCC)c(CCCCC)cc5c3=NC3=NC(=N4)c4cc(CCCCC)c(CCCCC)cc43)=NC2=N1. The van der Waals surface area contributed by atoms with Crippen LogP contribution in [-0.2, 0) is 51.4 Å². The zero-order valence-electron chi connectivity index (χ0n) is 52.1. The third-order valence-electron chi connectivity index (χ3n) is 18.3. The first-order valence-corrected chi connectivity index (χ1v) is 40.9. The van der Waals surface area contributed by atoms with E-state index in [0.29, 0.717) is 23.3 Å². The summed E-state index contributed by atoms with van der Waals surface area (Å²) in [4.78, 5) is 34.8. The van der Waals surface area contributed by atoms with Crippen molar-refractivity contribution >= 4 is 88.4 Å². The van der Waals surface area contributed by atoms with Gasteiger partial charge >= 0.3 is 513 Å². The van der Waals surface area contributed by atoms with E-state index in [2.05, 4.69) is 111 Å². The molecule has 6 aromatic rings. The summed E-state index contributed by atoms with van der Waals surface area (Å²) in [7, 11) is 17.6. The van der Waals surface area contributed by atoms with Gasteiger partial charge in [0.1, 0.15) is 0 Å². The first-order valence-electron chi connectivity index (χ1n) is 33.5. The van der Waals surface area contributed by atoms with Crippen LogP contribution in [0.4, 0.5) is 11.6 Å². The molecule has 0 atom stereocenters. The Balaban J connectivity index is 1.38. The number of aliphatic imine (C=N–C) groups is 4. The number of unbranched alkanes of at least 4 members (excludes halogenated alkanes) is 16. The van der Waals surface area contributed by atoms with Gasteiger partial charge in [-0.1, -0.05) is 0 Å². The van der Waals surface area contributed by atoms with Crippen molar-refractivity contribution in [2.45, 2.75) is 261 Å². The number of aryl methyl sites for hydroxylation is 8. The predicted molar refractivity (Wildman–Crippen MR) is 359 cm³/mol. The molecule has 10 rings (SSSR count). The van der Waals surface area contributed by atoms with Crippen LogP contribution in [0.25, 0.3) is 21.5 Å². The summed E-state index contributed by atoms with van der Waals surface area (Å²) in [5.74, 6) is 4.11. The van der Waals surface area contributed by atoms with E-state index in [-0.39, 0.29) is 0 Å². The second-order valence-corrected chi connectivity index (χ2v) is 35.3. The molecule has 6 heterocycles. The Morgan fingerprint density at radius 3 is 0.759 bits per heavy atom. The van der Waals surface area contributed by atoms with Gasteiger partial charge in [0.25, 0.3) is 0 Å². The van der Waals surface area contributed by atoms with Crippen LogP contribution >= 0.6 is 20.0 Å². The molecule has 0 unspecified atom stereocenters. The molecule has 0 N–H and O–H groups in total. The Morgan fingerprint density at radius 2 is 0.506 bits per heavy atom. The fourth-order valence-corrected chi connectivity index (χ4v) is 20.9. The molecule has 0 radical (unpaired) electrons. The number of nitrogens with zero attached hydrogens (tertiary/aromatic N) is 8. The Kier molecular flexibility index (Phi) is 21.3. The molecule has 11 heteroatoms.